The number of aliphatic hydroxyl groups excluding tert-OH is 1. The molecule has 3 aliphatic heterocycles. The van der Waals surface area contributed by atoms with Gasteiger partial charge in [-0.05, 0) is 91.8 Å². The number of carbonyl (C=O) groups is 4. The molecule has 13 atom stereocenters. The lowest BCUT2D eigenvalue weighted by Crippen LogP contribution is -2.65. The number of ether oxygens (including phenoxy) is 5. The molecule has 0 unspecified atom stereocenters. The molecule has 0 aliphatic carbocycles. The fourth-order valence-corrected chi connectivity index (χ4v) is 10.5. The van der Waals surface area contributed by atoms with Gasteiger partial charge in [0.05, 0.1) is 40.7 Å². The minimum Gasteiger partial charge on any atom is -0.455 e. The first kappa shape index (κ1) is 47.8. The van der Waals surface area contributed by atoms with Crippen LogP contribution < -0.4 is 0 Å². The fraction of sp³-hybridized carbons (Fsp3) is 0.750. The molecule has 60 heavy (non-hydrogen) atoms. The van der Waals surface area contributed by atoms with Crippen molar-refractivity contribution in [3.8, 4) is 10.6 Å². The molecule has 16 heteroatoms. The Bertz CT molecular complexity index is 1830. The highest BCUT2D eigenvalue weighted by Crippen LogP contribution is 2.45. The molecule has 1 amide bonds. The van der Waals surface area contributed by atoms with E-state index in [0.29, 0.717) is 32.4 Å². The number of fused-ring (bicyclic) bond motifs is 1. The van der Waals surface area contributed by atoms with Crippen LogP contribution in [0.4, 0.5) is 9.18 Å². The molecule has 3 aliphatic rings. The molecule has 0 bridgehead atoms. The average Bonchev–Trinajstić information content (AvgIpc) is 3.97. The Hall–Kier alpha value is -3.28. The van der Waals surface area contributed by atoms with Gasteiger partial charge in [-0.25, -0.2) is 19.0 Å². The predicted octanol–water partition coefficient (Wildman–Crippen LogP) is 6.47. The molecule has 0 saturated carbocycles. The number of carbonyl (C=O) groups excluding carboxylic acids is 4. The lowest BCUT2D eigenvalue weighted by molar-refractivity contribution is -0.354. The Balaban J connectivity index is 1.49. The van der Waals surface area contributed by atoms with Gasteiger partial charge in [0.25, 0.3) is 5.67 Å². The molecule has 14 nitrogen and oxygen atoms in total. The summed E-state index contributed by atoms with van der Waals surface area (Å²) in [5.74, 6) is -7.49. The van der Waals surface area contributed by atoms with Gasteiger partial charge < -0.3 is 43.2 Å². The number of unbranched alkanes of at least 4 members (excludes halogenated alkanes) is 1. The van der Waals surface area contributed by atoms with Crippen molar-refractivity contribution in [1.29, 1.82) is 0 Å². The summed E-state index contributed by atoms with van der Waals surface area (Å²) in [4.78, 5) is 66.1. The third-order valence-electron chi connectivity index (χ3n) is 13.4. The van der Waals surface area contributed by atoms with Gasteiger partial charge in [0.15, 0.2) is 17.2 Å². The molecular formula is C44H67FN4O10S. The number of esters is 1. The van der Waals surface area contributed by atoms with E-state index < -0.39 is 82.6 Å². The number of aromatic nitrogens is 2. The monoisotopic (exact) mass is 862 g/mol. The zero-order chi connectivity index (χ0) is 44.5. The Morgan fingerprint density at radius 2 is 1.73 bits per heavy atom. The number of imidazole rings is 1. The SMILES string of the molecule is CC[C@H]1OC(=O)[C@@](C)(F)C(=O)[C@H](C)[C@@H](O[C@]2(C)O[C@H](C)C[C@H](N(C)CC)[C@H]2O)[C@](C)(OC)C[C@@H](C)C(=O)[C@H](C)[C@H]2N(CCCCn3cnc(-c4cccs4)c3)C(=O)O[C@]12C. The second-order valence-corrected chi connectivity index (χ2v) is 18.9. The molecule has 3 saturated heterocycles. The van der Waals surface area contributed by atoms with Crippen LogP contribution in [0.1, 0.15) is 101 Å². The highest BCUT2D eigenvalue weighted by molar-refractivity contribution is 7.13. The van der Waals surface area contributed by atoms with Crippen molar-refractivity contribution in [2.45, 2.75) is 167 Å². The van der Waals surface area contributed by atoms with E-state index in [1.807, 2.05) is 54.1 Å². The van der Waals surface area contributed by atoms with Gasteiger partial charge in [-0.2, -0.15) is 0 Å². The zero-order valence-corrected chi connectivity index (χ0v) is 38.3. The summed E-state index contributed by atoms with van der Waals surface area (Å²) < 4.78 is 50.2. The number of methoxy groups -OCH3 is 1. The largest absolute Gasteiger partial charge is 0.455 e. The third-order valence-corrected chi connectivity index (χ3v) is 14.3. The van der Waals surface area contributed by atoms with Crippen LogP contribution in [0.25, 0.3) is 10.6 Å². The number of ketones is 2. The number of rotatable bonds is 12. The van der Waals surface area contributed by atoms with Crippen molar-refractivity contribution in [3.05, 3.63) is 30.0 Å². The highest BCUT2D eigenvalue weighted by atomic mass is 32.1. The lowest BCUT2D eigenvalue weighted by Gasteiger charge is -2.52. The predicted molar refractivity (Wildman–Crippen MR) is 224 cm³/mol. The topological polar surface area (TPSA) is 159 Å². The molecule has 336 valence electrons. The number of aliphatic hydroxyl groups is 1. The van der Waals surface area contributed by atoms with Gasteiger partial charge in [-0.15, -0.1) is 11.3 Å². The lowest BCUT2D eigenvalue weighted by atomic mass is 9.73. The molecule has 5 rings (SSSR count). The van der Waals surface area contributed by atoms with Crippen LogP contribution in [0.15, 0.2) is 30.0 Å². The summed E-state index contributed by atoms with van der Waals surface area (Å²) in [6, 6.07) is 2.69. The normalized spacial score (nSPS) is 38.5. The van der Waals surface area contributed by atoms with E-state index in [9.17, 15) is 24.3 Å². The van der Waals surface area contributed by atoms with Crippen molar-refractivity contribution in [1.82, 2.24) is 19.4 Å². The highest BCUT2D eigenvalue weighted by Gasteiger charge is 2.62. The smallest absolute Gasteiger partial charge is 0.410 e. The summed E-state index contributed by atoms with van der Waals surface area (Å²) in [5.41, 5.74) is -5.36. The minimum absolute atomic E-state index is 0.00373. The maximum atomic E-state index is 17.0. The molecule has 3 fully saturated rings. The van der Waals surface area contributed by atoms with Crippen LogP contribution >= 0.6 is 11.3 Å². The Kier molecular flexibility index (Phi) is 14.8. The van der Waals surface area contributed by atoms with E-state index in [1.165, 1.54) is 18.9 Å². The molecule has 5 heterocycles. The number of amides is 1. The van der Waals surface area contributed by atoms with Crippen molar-refractivity contribution in [2.24, 2.45) is 17.8 Å². The van der Waals surface area contributed by atoms with Gasteiger partial charge in [0.1, 0.15) is 18.0 Å². The van der Waals surface area contributed by atoms with E-state index in [4.69, 9.17) is 23.7 Å². The maximum absolute atomic E-state index is 17.0. The van der Waals surface area contributed by atoms with E-state index in [0.717, 1.165) is 17.5 Å². The van der Waals surface area contributed by atoms with Gasteiger partial charge in [0, 0.05) is 50.2 Å². The number of cyclic esters (lactones) is 1. The number of halogens is 1. The fourth-order valence-electron chi connectivity index (χ4n) is 9.83. The Labute approximate surface area is 358 Å². The Morgan fingerprint density at radius 3 is 2.35 bits per heavy atom. The van der Waals surface area contributed by atoms with Crippen LogP contribution in [0.3, 0.4) is 0 Å². The minimum atomic E-state index is -3.18. The standard InChI is InChI=1S/C44H67FN4O10S/c1-13-33-43(9)35(49(40(54)59-43)20-16-15-19-48-24-30(46-25-48)32-18-17-21-60-32)28(5)34(50)26(3)23-41(7,55-12)38(29(6)36(51)42(8,45)39(53)56-33)58-44(10)37(52)31(47(11)14-2)22-27(4)57-44/h17-18,21,24-29,31,33,35,37-38,52H,13-16,19-20,22-23H2,1-12H3/t26-,27-,28+,29+,31+,33-,35-,37-,38-,41-,42+,43-,44+/m1/s1. The second kappa shape index (κ2) is 18.6. The summed E-state index contributed by atoms with van der Waals surface area (Å²) in [6.45, 7) is 17.7. The first-order valence-corrected chi connectivity index (χ1v) is 22.3. The number of nitrogens with zero attached hydrogens (tertiary/aromatic N) is 4. The van der Waals surface area contributed by atoms with Crippen LogP contribution in [-0.2, 0) is 44.6 Å². The van der Waals surface area contributed by atoms with Gasteiger partial charge >= 0.3 is 12.1 Å². The molecular weight excluding hydrogens is 796 g/mol. The summed E-state index contributed by atoms with van der Waals surface area (Å²) in [6.07, 6.45) is 0.784. The molecule has 0 spiro atoms. The zero-order valence-electron chi connectivity index (χ0n) is 37.4. The number of thiophene rings is 1. The molecule has 1 N–H and O–H groups in total. The maximum Gasteiger partial charge on any atom is 0.410 e. The number of hydrogen-bond acceptors (Lipinski definition) is 13. The Morgan fingerprint density at radius 1 is 1.05 bits per heavy atom. The number of hydrogen-bond donors (Lipinski definition) is 1. The van der Waals surface area contributed by atoms with Gasteiger partial charge in [-0.1, -0.05) is 40.7 Å². The number of aryl methyl sites for hydroxylation is 1. The van der Waals surface area contributed by atoms with Crippen molar-refractivity contribution < 1.29 is 52.4 Å². The molecule has 2 aromatic rings. The second-order valence-electron chi connectivity index (χ2n) is 17.9. The van der Waals surface area contributed by atoms with E-state index in [2.05, 4.69) is 4.98 Å². The van der Waals surface area contributed by atoms with E-state index in [-0.39, 0.29) is 37.3 Å². The van der Waals surface area contributed by atoms with Gasteiger partial charge in [-0.3, -0.25) is 9.59 Å². The first-order chi connectivity index (χ1) is 28.1. The summed E-state index contributed by atoms with van der Waals surface area (Å²) >= 11 is 1.61. The van der Waals surface area contributed by atoms with Crippen LogP contribution in [0.2, 0.25) is 0 Å². The number of alkyl halides is 1. The van der Waals surface area contributed by atoms with Crippen molar-refractivity contribution in [2.75, 3.05) is 27.2 Å². The molecule has 0 aromatic carbocycles. The first-order valence-electron chi connectivity index (χ1n) is 21.4. The number of Topliss-reactive ketones (excluding diaryl/α,β-unsaturated/α-hetero) is 2. The third kappa shape index (κ3) is 9.24. The van der Waals surface area contributed by atoms with Gasteiger partial charge in [0.2, 0.25) is 0 Å². The van der Waals surface area contributed by atoms with Crippen molar-refractivity contribution >= 4 is 35.0 Å². The van der Waals surface area contributed by atoms with E-state index >= 15 is 4.39 Å². The van der Waals surface area contributed by atoms with Crippen LogP contribution in [0, 0.1) is 17.8 Å². The summed E-state index contributed by atoms with van der Waals surface area (Å²) in [5, 5.41) is 13.8. The summed E-state index contributed by atoms with van der Waals surface area (Å²) in [7, 11) is 3.30. The van der Waals surface area contributed by atoms with E-state index in [1.54, 1.807) is 59.2 Å². The molecule has 2 aromatic heterocycles. The quantitative estimate of drug-likeness (QED) is 0.141. The average molecular weight is 863 g/mol. The van der Waals surface area contributed by atoms with Crippen LogP contribution in [-0.4, -0.2) is 134 Å². The molecule has 0 radical (unpaired) electrons. The van der Waals surface area contributed by atoms with Crippen molar-refractivity contribution in [3.63, 3.8) is 0 Å². The van der Waals surface area contributed by atoms with Crippen LogP contribution in [0.5, 0.6) is 0 Å². The number of likely N-dealkylation sites (N-methyl/N-ethyl adjacent to an activating group) is 1.